The Labute approximate surface area is 121 Å². The molecule has 2 aromatic rings. The fourth-order valence-electron chi connectivity index (χ4n) is 1.67. The van der Waals surface area contributed by atoms with E-state index in [0.717, 1.165) is 30.8 Å². The summed E-state index contributed by atoms with van der Waals surface area (Å²) >= 11 is 7.60. The van der Waals surface area contributed by atoms with Gasteiger partial charge in [0, 0.05) is 23.8 Å². The van der Waals surface area contributed by atoms with Crippen LogP contribution in [0, 0.1) is 6.92 Å². The number of halogens is 1. The minimum atomic E-state index is 0.433. The Bertz CT molecular complexity index is 544. The maximum Gasteiger partial charge on any atom is 0.218 e. The maximum absolute atomic E-state index is 5.95. The average Bonchev–Trinajstić information content (AvgIpc) is 2.75. The van der Waals surface area contributed by atoms with E-state index in [0.29, 0.717) is 17.6 Å². The van der Waals surface area contributed by atoms with Crippen LogP contribution in [0.25, 0.3) is 0 Å². The second-order valence-corrected chi connectivity index (χ2v) is 5.48. The molecular weight excluding hydrogens is 282 g/mol. The summed E-state index contributed by atoms with van der Waals surface area (Å²) in [6.07, 6.45) is 2.63. The zero-order chi connectivity index (χ0) is 13.7. The molecule has 0 aliphatic carbocycles. The molecule has 2 rings (SSSR count). The van der Waals surface area contributed by atoms with E-state index in [-0.39, 0.29) is 0 Å². The van der Waals surface area contributed by atoms with Crippen LogP contribution in [-0.4, -0.2) is 21.6 Å². The van der Waals surface area contributed by atoms with Crippen LogP contribution in [0.15, 0.2) is 11.6 Å². The SMILES string of the molecule is CCCc1nc(Cl)cc(OCCc2scnc2C)n1. The Hall–Kier alpha value is -1.20. The number of aromatic nitrogens is 3. The zero-order valence-electron chi connectivity index (χ0n) is 11.0. The second-order valence-electron chi connectivity index (χ2n) is 4.15. The fraction of sp³-hybridized carbons (Fsp3) is 0.462. The van der Waals surface area contributed by atoms with Crippen molar-refractivity contribution >= 4 is 22.9 Å². The summed E-state index contributed by atoms with van der Waals surface area (Å²) in [5.41, 5.74) is 2.92. The van der Waals surface area contributed by atoms with Crippen molar-refractivity contribution in [1.82, 2.24) is 15.0 Å². The first kappa shape index (κ1) is 14.2. The average molecular weight is 298 g/mol. The number of hydrogen-bond donors (Lipinski definition) is 0. The van der Waals surface area contributed by atoms with Crippen molar-refractivity contribution in [3.05, 3.63) is 33.1 Å². The zero-order valence-corrected chi connectivity index (χ0v) is 12.6. The van der Waals surface area contributed by atoms with Crippen molar-refractivity contribution in [2.24, 2.45) is 0 Å². The number of nitrogens with zero attached hydrogens (tertiary/aromatic N) is 3. The molecular formula is C13H16ClN3OS. The van der Waals surface area contributed by atoms with Gasteiger partial charge in [0.25, 0.3) is 0 Å². The lowest BCUT2D eigenvalue weighted by Gasteiger charge is -2.06. The fourth-order valence-corrected chi connectivity index (χ4v) is 2.62. The topological polar surface area (TPSA) is 47.9 Å². The van der Waals surface area contributed by atoms with Gasteiger partial charge in [0.2, 0.25) is 5.88 Å². The van der Waals surface area contributed by atoms with Crippen molar-refractivity contribution in [1.29, 1.82) is 0 Å². The van der Waals surface area contributed by atoms with E-state index in [1.807, 2.05) is 12.4 Å². The lowest BCUT2D eigenvalue weighted by molar-refractivity contribution is 0.308. The minimum absolute atomic E-state index is 0.433. The van der Waals surface area contributed by atoms with E-state index in [9.17, 15) is 0 Å². The maximum atomic E-state index is 5.95. The molecule has 0 amide bonds. The molecule has 2 heterocycles. The molecule has 2 aromatic heterocycles. The van der Waals surface area contributed by atoms with Crippen LogP contribution in [0.2, 0.25) is 5.15 Å². The van der Waals surface area contributed by atoms with Gasteiger partial charge in [-0.1, -0.05) is 18.5 Å². The summed E-state index contributed by atoms with van der Waals surface area (Å²) in [7, 11) is 0. The van der Waals surface area contributed by atoms with Gasteiger partial charge in [0.05, 0.1) is 17.8 Å². The molecule has 0 saturated heterocycles. The molecule has 0 aromatic carbocycles. The van der Waals surface area contributed by atoms with Gasteiger partial charge in [-0.2, -0.15) is 4.98 Å². The minimum Gasteiger partial charge on any atom is -0.477 e. The van der Waals surface area contributed by atoms with E-state index in [4.69, 9.17) is 16.3 Å². The van der Waals surface area contributed by atoms with Crippen LogP contribution in [0.1, 0.15) is 29.7 Å². The highest BCUT2D eigenvalue weighted by atomic mass is 35.5. The Balaban J connectivity index is 1.94. The summed E-state index contributed by atoms with van der Waals surface area (Å²) in [4.78, 5) is 14.0. The first-order valence-electron chi connectivity index (χ1n) is 6.24. The van der Waals surface area contributed by atoms with Crippen LogP contribution < -0.4 is 4.74 Å². The molecule has 0 N–H and O–H groups in total. The van der Waals surface area contributed by atoms with Crippen molar-refractivity contribution in [3.8, 4) is 5.88 Å². The van der Waals surface area contributed by atoms with Gasteiger partial charge in [-0.05, 0) is 13.3 Å². The van der Waals surface area contributed by atoms with E-state index in [1.54, 1.807) is 17.4 Å². The van der Waals surface area contributed by atoms with Gasteiger partial charge in [-0.25, -0.2) is 9.97 Å². The van der Waals surface area contributed by atoms with Crippen molar-refractivity contribution < 1.29 is 4.74 Å². The number of hydrogen-bond acceptors (Lipinski definition) is 5. The normalized spacial score (nSPS) is 10.7. The third-order valence-corrected chi connectivity index (χ3v) is 3.80. The highest BCUT2D eigenvalue weighted by Crippen LogP contribution is 2.16. The third kappa shape index (κ3) is 4.14. The Morgan fingerprint density at radius 3 is 2.84 bits per heavy atom. The molecule has 0 bridgehead atoms. The molecule has 0 fully saturated rings. The molecule has 0 spiro atoms. The monoisotopic (exact) mass is 297 g/mol. The van der Waals surface area contributed by atoms with Gasteiger partial charge in [0.15, 0.2) is 0 Å². The second kappa shape index (κ2) is 6.82. The lowest BCUT2D eigenvalue weighted by Crippen LogP contribution is -2.05. The molecule has 102 valence electrons. The lowest BCUT2D eigenvalue weighted by atomic mass is 10.3. The molecule has 0 unspecified atom stereocenters. The Kier molecular flexibility index (Phi) is 5.10. The van der Waals surface area contributed by atoms with Crippen molar-refractivity contribution in [2.75, 3.05) is 6.61 Å². The van der Waals surface area contributed by atoms with Crippen LogP contribution in [0.3, 0.4) is 0 Å². The quantitative estimate of drug-likeness (QED) is 0.766. The standard InChI is InChI=1S/C13H16ClN3OS/c1-3-4-12-16-11(14)7-13(17-12)18-6-5-10-9(2)15-8-19-10/h7-8H,3-6H2,1-2H3. The van der Waals surface area contributed by atoms with Crippen LogP contribution in [-0.2, 0) is 12.8 Å². The molecule has 0 saturated carbocycles. The summed E-state index contributed by atoms with van der Waals surface area (Å²) in [5.74, 6) is 1.28. The highest BCUT2D eigenvalue weighted by molar-refractivity contribution is 7.09. The molecule has 19 heavy (non-hydrogen) atoms. The smallest absolute Gasteiger partial charge is 0.218 e. The molecule has 0 atom stereocenters. The molecule has 0 aliphatic heterocycles. The predicted octanol–water partition coefficient (Wildman–Crippen LogP) is 3.47. The van der Waals surface area contributed by atoms with Crippen LogP contribution in [0.4, 0.5) is 0 Å². The molecule has 4 nitrogen and oxygen atoms in total. The van der Waals surface area contributed by atoms with Gasteiger partial charge >= 0.3 is 0 Å². The van der Waals surface area contributed by atoms with Crippen molar-refractivity contribution in [2.45, 2.75) is 33.1 Å². The van der Waals surface area contributed by atoms with Crippen molar-refractivity contribution in [3.63, 3.8) is 0 Å². The van der Waals surface area contributed by atoms with Crippen LogP contribution >= 0.6 is 22.9 Å². The summed E-state index contributed by atoms with van der Waals surface area (Å²) in [5, 5.41) is 0.433. The summed E-state index contributed by atoms with van der Waals surface area (Å²) in [6, 6.07) is 1.65. The third-order valence-electron chi connectivity index (χ3n) is 2.62. The van der Waals surface area contributed by atoms with E-state index in [1.165, 1.54) is 4.88 Å². The molecule has 0 aliphatic rings. The van der Waals surface area contributed by atoms with Gasteiger partial charge in [-0.15, -0.1) is 11.3 Å². The number of rotatable bonds is 6. The van der Waals surface area contributed by atoms with E-state index < -0.39 is 0 Å². The molecule has 6 heteroatoms. The van der Waals surface area contributed by atoms with Gasteiger partial charge < -0.3 is 4.74 Å². The molecule has 0 radical (unpaired) electrons. The largest absolute Gasteiger partial charge is 0.477 e. The van der Waals surface area contributed by atoms with Gasteiger partial charge in [0.1, 0.15) is 11.0 Å². The Morgan fingerprint density at radius 2 is 2.16 bits per heavy atom. The number of aryl methyl sites for hydroxylation is 2. The van der Waals surface area contributed by atoms with E-state index >= 15 is 0 Å². The first-order valence-corrected chi connectivity index (χ1v) is 7.50. The first-order chi connectivity index (χ1) is 9.19. The number of ether oxygens (including phenoxy) is 1. The predicted molar refractivity (Wildman–Crippen MR) is 77.1 cm³/mol. The van der Waals surface area contributed by atoms with E-state index in [2.05, 4.69) is 21.9 Å². The van der Waals surface area contributed by atoms with Gasteiger partial charge in [-0.3, -0.25) is 0 Å². The van der Waals surface area contributed by atoms with Crippen LogP contribution in [0.5, 0.6) is 5.88 Å². The summed E-state index contributed by atoms with van der Waals surface area (Å²) in [6.45, 7) is 4.66. The highest BCUT2D eigenvalue weighted by Gasteiger charge is 2.05. The Morgan fingerprint density at radius 1 is 1.32 bits per heavy atom. The number of thiazole rings is 1. The summed E-state index contributed by atoms with van der Waals surface area (Å²) < 4.78 is 5.65.